The Morgan fingerprint density at radius 2 is 1.92 bits per heavy atom. The molecule has 6 nitrogen and oxygen atoms in total. The van der Waals surface area contributed by atoms with E-state index in [9.17, 15) is 18.8 Å². The number of pyridine rings is 1. The van der Waals surface area contributed by atoms with E-state index in [2.05, 4.69) is 4.98 Å². The lowest BCUT2D eigenvalue weighted by atomic mass is 10.1. The van der Waals surface area contributed by atoms with E-state index in [1.54, 1.807) is 24.3 Å². The molecule has 1 aromatic heterocycles. The van der Waals surface area contributed by atoms with Gasteiger partial charge in [0.15, 0.2) is 0 Å². The minimum absolute atomic E-state index is 0.0759. The van der Waals surface area contributed by atoms with E-state index in [1.165, 1.54) is 23.2 Å². The quantitative estimate of drug-likeness (QED) is 0.930. The van der Waals surface area contributed by atoms with Crippen molar-refractivity contribution in [2.45, 2.75) is 19.5 Å². The normalized spacial score (nSPS) is 15.0. The minimum atomic E-state index is -0.473. The Morgan fingerprint density at radius 1 is 1.08 bits per heavy atom. The van der Waals surface area contributed by atoms with Crippen LogP contribution in [0.2, 0.25) is 0 Å². The fraction of sp³-hybridized carbons (Fsp3) is 0.235. The highest BCUT2D eigenvalue weighted by molar-refractivity contribution is 5.96. The number of hydrogen-bond acceptors (Lipinski definition) is 3. The second kappa shape index (κ2) is 6.66. The number of aromatic amines is 1. The number of nitrogens with zero attached hydrogens (tertiary/aromatic N) is 2. The molecule has 3 rings (SSSR count). The number of hydrogen-bond donors (Lipinski definition) is 1. The number of halogens is 1. The van der Waals surface area contributed by atoms with E-state index in [0.717, 1.165) is 4.90 Å². The van der Waals surface area contributed by atoms with Crippen molar-refractivity contribution in [3.05, 3.63) is 69.9 Å². The molecule has 1 aliphatic heterocycles. The first-order valence-electron chi connectivity index (χ1n) is 7.55. The van der Waals surface area contributed by atoms with Crippen LogP contribution in [-0.4, -0.2) is 33.3 Å². The SMILES string of the molecule is O=C1CCN(Cc2cccc(F)c2)C(=O)N1Cc1ccc[nH]c1=O. The fourth-order valence-corrected chi connectivity index (χ4v) is 2.65. The van der Waals surface area contributed by atoms with Crippen LogP contribution in [0.3, 0.4) is 0 Å². The second-order valence-corrected chi connectivity index (χ2v) is 5.59. The van der Waals surface area contributed by atoms with Gasteiger partial charge in [-0.3, -0.25) is 14.5 Å². The molecule has 1 N–H and O–H groups in total. The van der Waals surface area contributed by atoms with Gasteiger partial charge in [-0.1, -0.05) is 18.2 Å². The Labute approximate surface area is 137 Å². The molecule has 1 aromatic carbocycles. The molecule has 1 fully saturated rings. The van der Waals surface area contributed by atoms with Crippen LogP contribution in [0.5, 0.6) is 0 Å². The summed E-state index contributed by atoms with van der Waals surface area (Å²) >= 11 is 0. The van der Waals surface area contributed by atoms with Crippen LogP contribution in [-0.2, 0) is 17.9 Å². The Morgan fingerprint density at radius 3 is 2.67 bits per heavy atom. The average molecular weight is 329 g/mol. The van der Waals surface area contributed by atoms with Crippen molar-refractivity contribution in [3.63, 3.8) is 0 Å². The van der Waals surface area contributed by atoms with Crippen molar-refractivity contribution in [2.75, 3.05) is 6.54 Å². The second-order valence-electron chi connectivity index (χ2n) is 5.59. The number of aromatic nitrogens is 1. The molecule has 24 heavy (non-hydrogen) atoms. The van der Waals surface area contributed by atoms with Crippen molar-refractivity contribution in [1.29, 1.82) is 0 Å². The molecule has 0 atom stereocenters. The third kappa shape index (κ3) is 3.34. The van der Waals surface area contributed by atoms with Crippen LogP contribution < -0.4 is 5.56 Å². The predicted octanol–water partition coefficient (Wildman–Crippen LogP) is 1.87. The summed E-state index contributed by atoms with van der Waals surface area (Å²) in [5.41, 5.74) is 0.655. The van der Waals surface area contributed by atoms with Crippen LogP contribution in [0.15, 0.2) is 47.4 Å². The van der Waals surface area contributed by atoms with E-state index >= 15 is 0 Å². The molecule has 7 heteroatoms. The zero-order chi connectivity index (χ0) is 17.1. The van der Waals surface area contributed by atoms with Gasteiger partial charge in [-0.05, 0) is 23.8 Å². The molecule has 1 saturated heterocycles. The van der Waals surface area contributed by atoms with E-state index in [1.807, 2.05) is 0 Å². The Hall–Kier alpha value is -2.96. The number of rotatable bonds is 4. The molecule has 1 aliphatic rings. The van der Waals surface area contributed by atoms with Crippen molar-refractivity contribution >= 4 is 11.9 Å². The first kappa shape index (κ1) is 15.9. The molecular weight excluding hydrogens is 313 g/mol. The van der Waals surface area contributed by atoms with Gasteiger partial charge in [0.25, 0.3) is 5.56 Å². The van der Waals surface area contributed by atoms with Crippen LogP contribution in [0.25, 0.3) is 0 Å². The maximum absolute atomic E-state index is 13.3. The molecule has 0 aliphatic carbocycles. The summed E-state index contributed by atoms with van der Waals surface area (Å²) in [6, 6.07) is 8.73. The zero-order valence-electron chi connectivity index (χ0n) is 12.9. The number of urea groups is 1. The summed E-state index contributed by atoms with van der Waals surface area (Å²) in [6.45, 7) is 0.412. The van der Waals surface area contributed by atoms with Crippen molar-refractivity contribution in [3.8, 4) is 0 Å². The minimum Gasteiger partial charge on any atom is -0.329 e. The van der Waals surface area contributed by atoms with Gasteiger partial charge in [0.1, 0.15) is 5.82 Å². The van der Waals surface area contributed by atoms with Gasteiger partial charge in [0, 0.05) is 31.3 Å². The summed E-state index contributed by atoms with van der Waals surface area (Å²) in [5.74, 6) is -0.695. The number of benzene rings is 1. The van der Waals surface area contributed by atoms with Gasteiger partial charge < -0.3 is 9.88 Å². The third-order valence-electron chi connectivity index (χ3n) is 3.89. The summed E-state index contributed by atoms with van der Waals surface area (Å²) in [4.78, 5) is 41.5. The monoisotopic (exact) mass is 329 g/mol. The Bertz CT molecular complexity index is 834. The smallest absolute Gasteiger partial charge is 0.327 e. The molecule has 2 heterocycles. The van der Waals surface area contributed by atoms with Gasteiger partial charge >= 0.3 is 6.03 Å². The third-order valence-corrected chi connectivity index (χ3v) is 3.89. The summed E-state index contributed by atoms with van der Waals surface area (Å²) in [5, 5.41) is 0. The maximum atomic E-state index is 13.3. The molecule has 0 saturated carbocycles. The van der Waals surface area contributed by atoms with Gasteiger partial charge in [-0.15, -0.1) is 0 Å². The zero-order valence-corrected chi connectivity index (χ0v) is 12.9. The lowest BCUT2D eigenvalue weighted by Crippen LogP contribution is -2.51. The van der Waals surface area contributed by atoms with E-state index in [4.69, 9.17) is 0 Å². The van der Waals surface area contributed by atoms with Crippen LogP contribution >= 0.6 is 0 Å². The molecule has 0 spiro atoms. The Kier molecular flexibility index (Phi) is 4.41. The number of amides is 3. The van der Waals surface area contributed by atoms with Crippen molar-refractivity contribution in [2.24, 2.45) is 0 Å². The summed E-state index contributed by atoms with van der Waals surface area (Å²) in [7, 11) is 0. The lowest BCUT2D eigenvalue weighted by Gasteiger charge is -2.34. The first-order valence-corrected chi connectivity index (χ1v) is 7.55. The fourth-order valence-electron chi connectivity index (χ4n) is 2.65. The maximum Gasteiger partial charge on any atom is 0.327 e. The molecule has 0 radical (unpaired) electrons. The molecule has 0 unspecified atom stereocenters. The molecular formula is C17H16FN3O3. The van der Waals surface area contributed by atoms with Gasteiger partial charge in [0.05, 0.1) is 6.54 Å². The summed E-state index contributed by atoms with van der Waals surface area (Å²) in [6.07, 6.45) is 1.66. The van der Waals surface area contributed by atoms with Crippen LogP contribution in [0.4, 0.5) is 9.18 Å². The number of imide groups is 1. The Balaban J connectivity index is 1.77. The van der Waals surface area contributed by atoms with Gasteiger partial charge in [-0.25, -0.2) is 9.18 Å². The molecule has 3 amide bonds. The highest BCUT2D eigenvalue weighted by atomic mass is 19.1. The molecule has 124 valence electrons. The number of H-pyrrole nitrogens is 1. The largest absolute Gasteiger partial charge is 0.329 e. The van der Waals surface area contributed by atoms with E-state index < -0.39 is 6.03 Å². The number of nitrogens with one attached hydrogen (secondary N) is 1. The topological polar surface area (TPSA) is 73.5 Å². The van der Waals surface area contributed by atoms with Gasteiger partial charge in [0.2, 0.25) is 5.91 Å². The van der Waals surface area contributed by atoms with Gasteiger partial charge in [-0.2, -0.15) is 0 Å². The standard InChI is InChI=1S/C17H16FN3O3/c18-14-5-1-3-12(9-14)10-20-8-6-15(22)21(17(20)24)11-13-4-2-7-19-16(13)23/h1-5,7,9H,6,8,10-11H2,(H,19,23). The molecule has 2 aromatic rings. The molecule has 0 bridgehead atoms. The van der Waals surface area contributed by atoms with Crippen LogP contribution in [0, 0.1) is 5.82 Å². The van der Waals surface area contributed by atoms with Crippen molar-refractivity contribution < 1.29 is 14.0 Å². The first-order chi connectivity index (χ1) is 11.5. The van der Waals surface area contributed by atoms with E-state index in [0.29, 0.717) is 11.1 Å². The number of carbonyl (C=O) groups excluding carboxylic acids is 2. The lowest BCUT2D eigenvalue weighted by molar-refractivity contribution is -0.131. The predicted molar refractivity (Wildman–Crippen MR) is 84.4 cm³/mol. The van der Waals surface area contributed by atoms with Crippen LogP contribution in [0.1, 0.15) is 17.5 Å². The van der Waals surface area contributed by atoms with E-state index in [-0.39, 0.29) is 43.3 Å². The summed E-state index contributed by atoms with van der Waals surface area (Å²) < 4.78 is 13.3. The highest BCUT2D eigenvalue weighted by Crippen LogP contribution is 2.17. The highest BCUT2D eigenvalue weighted by Gasteiger charge is 2.32. The number of carbonyl (C=O) groups is 2. The average Bonchev–Trinajstić information content (AvgIpc) is 2.56. The van der Waals surface area contributed by atoms with Crippen molar-refractivity contribution in [1.82, 2.24) is 14.8 Å².